The van der Waals surface area contributed by atoms with Gasteiger partial charge in [0.05, 0.1) is 7.11 Å². The predicted octanol–water partition coefficient (Wildman–Crippen LogP) is -0.430. The topological polar surface area (TPSA) is 53.9 Å². The summed E-state index contributed by atoms with van der Waals surface area (Å²) in [6.45, 7) is 3.67. The van der Waals surface area contributed by atoms with E-state index in [9.17, 15) is 4.79 Å². The molecule has 1 atom stereocenters. The summed E-state index contributed by atoms with van der Waals surface area (Å²) in [6, 6.07) is 0. The highest BCUT2D eigenvalue weighted by Crippen LogP contribution is 2.02. The highest BCUT2D eigenvalue weighted by molar-refractivity contribution is 5.77. The van der Waals surface area contributed by atoms with Crippen LogP contribution >= 0.6 is 0 Å². The molecule has 0 saturated carbocycles. The number of methoxy groups -OCH3 is 1. The van der Waals surface area contributed by atoms with Crippen molar-refractivity contribution in [3.63, 3.8) is 0 Å². The number of carbonyl (C=O) groups is 1. The summed E-state index contributed by atoms with van der Waals surface area (Å²) >= 11 is 0. The summed E-state index contributed by atoms with van der Waals surface area (Å²) < 4.78 is 4.50. The SMILES string of the molecule is CC[C@@](C)([NH3+])C(=O)OC. The quantitative estimate of drug-likeness (QED) is 0.518. The molecule has 0 heterocycles. The third kappa shape index (κ3) is 2.01. The van der Waals surface area contributed by atoms with Crippen LogP contribution in [0.1, 0.15) is 20.3 Å². The Morgan fingerprint density at radius 2 is 2.22 bits per heavy atom. The fraction of sp³-hybridized carbons (Fsp3) is 0.833. The maximum absolute atomic E-state index is 10.8. The van der Waals surface area contributed by atoms with E-state index in [4.69, 9.17) is 0 Å². The van der Waals surface area contributed by atoms with Crippen LogP contribution in [0.3, 0.4) is 0 Å². The summed E-state index contributed by atoms with van der Waals surface area (Å²) in [7, 11) is 1.38. The Bertz CT molecular complexity index is 110. The number of quaternary nitrogens is 1. The van der Waals surface area contributed by atoms with Gasteiger partial charge in [-0.25, -0.2) is 4.79 Å². The van der Waals surface area contributed by atoms with Crippen LogP contribution in [0.2, 0.25) is 0 Å². The van der Waals surface area contributed by atoms with Crippen molar-refractivity contribution < 1.29 is 15.3 Å². The molecule has 0 unspecified atom stereocenters. The molecule has 0 amide bonds. The maximum atomic E-state index is 10.8. The zero-order chi connectivity index (χ0) is 7.49. The van der Waals surface area contributed by atoms with Gasteiger partial charge >= 0.3 is 5.97 Å². The van der Waals surface area contributed by atoms with Gasteiger partial charge in [-0.2, -0.15) is 0 Å². The first kappa shape index (κ1) is 8.43. The average Bonchev–Trinajstić information content (AvgIpc) is 1.86. The fourth-order valence-electron chi connectivity index (χ4n) is 0.391. The average molecular weight is 132 g/mol. The number of hydrogen-bond donors (Lipinski definition) is 1. The van der Waals surface area contributed by atoms with Crippen molar-refractivity contribution in [2.75, 3.05) is 7.11 Å². The monoisotopic (exact) mass is 132 g/mol. The first-order chi connectivity index (χ1) is 4.04. The molecule has 0 rings (SSSR count). The molecule has 0 bridgehead atoms. The molecule has 9 heavy (non-hydrogen) atoms. The molecule has 0 fully saturated rings. The van der Waals surface area contributed by atoms with Crippen LogP contribution in [0, 0.1) is 0 Å². The molecule has 0 aromatic rings. The van der Waals surface area contributed by atoms with Gasteiger partial charge in [-0.1, -0.05) is 6.92 Å². The summed E-state index contributed by atoms with van der Waals surface area (Å²) in [5, 5.41) is 0. The van der Waals surface area contributed by atoms with E-state index in [1.54, 1.807) is 6.92 Å². The van der Waals surface area contributed by atoms with Crippen LogP contribution in [0.5, 0.6) is 0 Å². The normalized spacial score (nSPS) is 16.4. The lowest BCUT2D eigenvalue weighted by atomic mass is 10.0. The zero-order valence-corrected chi connectivity index (χ0v) is 6.23. The number of carbonyl (C=O) groups excluding carboxylic acids is 1. The molecule has 0 saturated heterocycles. The van der Waals surface area contributed by atoms with Crippen molar-refractivity contribution in [3.8, 4) is 0 Å². The Morgan fingerprint density at radius 1 is 1.78 bits per heavy atom. The van der Waals surface area contributed by atoms with Gasteiger partial charge in [-0.05, 0) is 0 Å². The molecule has 0 aliphatic heterocycles. The second kappa shape index (κ2) is 2.82. The number of ether oxygens (including phenoxy) is 1. The third-order valence-corrected chi connectivity index (χ3v) is 1.46. The highest BCUT2D eigenvalue weighted by Gasteiger charge is 2.31. The summed E-state index contributed by atoms with van der Waals surface area (Å²) in [4.78, 5) is 10.8. The first-order valence-electron chi connectivity index (χ1n) is 2.98. The molecule has 0 aromatic carbocycles. The van der Waals surface area contributed by atoms with Gasteiger partial charge in [0.1, 0.15) is 0 Å². The molecule has 54 valence electrons. The Morgan fingerprint density at radius 3 is 2.33 bits per heavy atom. The Balaban J connectivity index is 3.97. The van der Waals surface area contributed by atoms with E-state index >= 15 is 0 Å². The number of rotatable bonds is 2. The molecule has 0 aliphatic rings. The lowest BCUT2D eigenvalue weighted by molar-refractivity contribution is -0.457. The van der Waals surface area contributed by atoms with Crippen molar-refractivity contribution in [1.29, 1.82) is 0 Å². The van der Waals surface area contributed by atoms with E-state index in [1.165, 1.54) is 7.11 Å². The predicted molar refractivity (Wildman–Crippen MR) is 33.6 cm³/mol. The molecule has 0 aromatic heterocycles. The number of hydrogen-bond acceptors (Lipinski definition) is 2. The van der Waals surface area contributed by atoms with Gasteiger partial charge in [-0.3, -0.25) is 0 Å². The van der Waals surface area contributed by atoms with E-state index < -0.39 is 5.54 Å². The van der Waals surface area contributed by atoms with Crippen molar-refractivity contribution in [2.24, 2.45) is 0 Å². The van der Waals surface area contributed by atoms with Crippen LogP contribution in [0.15, 0.2) is 0 Å². The van der Waals surface area contributed by atoms with Gasteiger partial charge in [0, 0.05) is 13.3 Å². The molecule has 0 spiro atoms. The standard InChI is InChI=1S/C6H13NO2/c1-4-6(2,7)5(8)9-3/h4,7H2,1-3H3/p+1/t6-/m1/s1. The van der Waals surface area contributed by atoms with Crippen LogP contribution in [0.4, 0.5) is 0 Å². The fourth-order valence-corrected chi connectivity index (χ4v) is 0.391. The lowest BCUT2D eigenvalue weighted by Gasteiger charge is -2.14. The zero-order valence-electron chi connectivity index (χ0n) is 6.23. The Kier molecular flexibility index (Phi) is 2.65. The van der Waals surface area contributed by atoms with Crippen LogP contribution in [0.25, 0.3) is 0 Å². The molecular formula is C6H14NO2+. The minimum absolute atomic E-state index is 0.245. The van der Waals surface area contributed by atoms with Crippen LogP contribution in [-0.2, 0) is 9.53 Å². The van der Waals surface area contributed by atoms with Gasteiger partial charge < -0.3 is 10.5 Å². The van der Waals surface area contributed by atoms with Crippen LogP contribution in [-0.4, -0.2) is 18.6 Å². The van der Waals surface area contributed by atoms with Gasteiger partial charge in [-0.15, -0.1) is 0 Å². The maximum Gasteiger partial charge on any atom is 0.367 e. The second-order valence-electron chi connectivity index (χ2n) is 2.41. The third-order valence-electron chi connectivity index (χ3n) is 1.46. The summed E-state index contributed by atoms with van der Waals surface area (Å²) in [5.41, 5.74) is 3.12. The van der Waals surface area contributed by atoms with Crippen molar-refractivity contribution in [1.82, 2.24) is 0 Å². The molecule has 0 radical (unpaired) electrons. The Hall–Kier alpha value is -0.570. The van der Waals surface area contributed by atoms with Gasteiger partial charge in [0.25, 0.3) is 0 Å². The molecule has 3 N–H and O–H groups in total. The molecule has 3 nitrogen and oxygen atoms in total. The number of esters is 1. The summed E-state index contributed by atoms with van der Waals surface area (Å²) in [5.74, 6) is -0.245. The second-order valence-corrected chi connectivity index (χ2v) is 2.41. The van der Waals surface area contributed by atoms with Gasteiger partial charge in [0.15, 0.2) is 5.54 Å². The van der Waals surface area contributed by atoms with E-state index in [-0.39, 0.29) is 5.97 Å². The van der Waals surface area contributed by atoms with Crippen molar-refractivity contribution in [3.05, 3.63) is 0 Å². The molecule has 0 aliphatic carbocycles. The Labute approximate surface area is 55.2 Å². The van der Waals surface area contributed by atoms with Crippen molar-refractivity contribution >= 4 is 5.97 Å². The minimum Gasteiger partial charge on any atom is -0.464 e. The van der Waals surface area contributed by atoms with Crippen LogP contribution < -0.4 is 5.73 Å². The van der Waals surface area contributed by atoms with E-state index in [0.717, 1.165) is 0 Å². The van der Waals surface area contributed by atoms with E-state index in [1.807, 2.05) is 6.92 Å². The first-order valence-corrected chi connectivity index (χ1v) is 2.98. The largest absolute Gasteiger partial charge is 0.464 e. The van der Waals surface area contributed by atoms with Gasteiger partial charge in [0.2, 0.25) is 0 Å². The van der Waals surface area contributed by atoms with Crippen molar-refractivity contribution in [2.45, 2.75) is 25.8 Å². The molecular weight excluding hydrogens is 118 g/mol. The van der Waals surface area contributed by atoms with E-state index in [2.05, 4.69) is 10.5 Å². The highest BCUT2D eigenvalue weighted by atomic mass is 16.5. The molecule has 3 heteroatoms. The minimum atomic E-state index is -0.561. The lowest BCUT2D eigenvalue weighted by Crippen LogP contribution is -2.74. The van der Waals surface area contributed by atoms with E-state index in [0.29, 0.717) is 6.42 Å². The smallest absolute Gasteiger partial charge is 0.367 e. The summed E-state index contributed by atoms with van der Waals surface area (Å²) in [6.07, 6.45) is 0.708.